The van der Waals surface area contributed by atoms with Gasteiger partial charge in [-0.2, -0.15) is 0 Å². The molecule has 0 spiro atoms. The Kier molecular flexibility index (Phi) is 7.18. The van der Waals surface area contributed by atoms with Crippen molar-refractivity contribution in [1.29, 1.82) is 0 Å². The van der Waals surface area contributed by atoms with Gasteiger partial charge in [-0.1, -0.05) is 23.4 Å². The lowest BCUT2D eigenvalue weighted by atomic mass is 9.49. The van der Waals surface area contributed by atoms with Gasteiger partial charge >= 0.3 is 5.97 Å². The zero-order chi connectivity index (χ0) is 27.1. The van der Waals surface area contributed by atoms with Crippen LogP contribution in [0.25, 0.3) is 0 Å². The molecule has 2 amide bonds. The number of nitrogens with zero attached hydrogens (tertiary/aromatic N) is 2. The zero-order valence-corrected chi connectivity index (χ0v) is 23.2. The van der Waals surface area contributed by atoms with Crippen LogP contribution in [0, 0.1) is 23.2 Å². The minimum Gasteiger partial charge on any atom is -0.478 e. The molecule has 5 fully saturated rings. The fourth-order valence-corrected chi connectivity index (χ4v) is 8.80. The summed E-state index contributed by atoms with van der Waals surface area (Å²) >= 11 is 7.38. The summed E-state index contributed by atoms with van der Waals surface area (Å²) in [5.74, 6) is 1.12. The minimum atomic E-state index is -1.03. The van der Waals surface area contributed by atoms with Gasteiger partial charge < -0.3 is 10.4 Å². The number of rotatable bonds is 7. The number of carbonyl (C=O) groups excluding carboxylic acids is 2. The highest BCUT2D eigenvalue weighted by Gasteiger charge is 2.51. The molecule has 5 aliphatic rings. The Labute approximate surface area is 237 Å². The van der Waals surface area contributed by atoms with E-state index in [-0.39, 0.29) is 23.8 Å². The molecule has 1 unspecified atom stereocenters. The molecule has 39 heavy (non-hydrogen) atoms. The van der Waals surface area contributed by atoms with Crippen LogP contribution < -0.4 is 5.32 Å². The number of nitrogens with one attached hydrogen (secondary N) is 1. The first kappa shape index (κ1) is 26.4. The number of carboxylic acids is 1. The number of hydrogen-bond donors (Lipinski definition) is 2. The van der Waals surface area contributed by atoms with E-state index in [2.05, 4.69) is 5.32 Å². The Morgan fingerprint density at radius 1 is 1.00 bits per heavy atom. The van der Waals surface area contributed by atoms with Crippen molar-refractivity contribution in [3.8, 4) is 0 Å². The third-order valence-corrected chi connectivity index (χ3v) is 10.4. The molecular weight excluding hydrogens is 534 g/mol. The summed E-state index contributed by atoms with van der Waals surface area (Å²) in [7, 11) is 0. The number of carboxylic acid groups (broad SMARTS) is 1. The predicted molar refractivity (Wildman–Crippen MR) is 154 cm³/mol. The number of carbonyl (C=O) groups is 3. The molecule has 0 radical (unpaired) electrons. The molecule has 4 aliphatic carbocycles. The fraction of sp³-hybridized carbons (Fsp3) is 0.467. The van der Waals surface area contributed by atoms with Crippen molar-refractivity contribution in [3.05, 3.63) is 59.1 Å². The van der Waals surface area contributed by atoms with Gasteiger partial charge in [0.2, 0.25) is 11.8 Å². The molecule has 7 nitrogen and oxygen atoms in total. The van der Waals surface area contributed by atoms with E-state index in [1.54, 1.807) is 29.2 Å². The van der Waals surface area contributed by atoms with Gasteiger partial charge in [0.15, 0.2) is 5.17 Å². The van der Waals surface area contributed by atoms with Crippen molar-refractivity contribution >= 4 is 57.7 Å². The normalized spacial score (nSPS) is 30.5. The van der Waals surface area contributed by atoms with Crippen LogP contribution in [0.3, 0.4) is 0 Å². The molecule has 4 saturated carbocycles. The van der Waals surface area contributed by atoms with Gasteiger partial charge in [0.05, 0.1) is 11.3 Å². The highest BCUT2D eigenvalue weighted by molar-refractivity contribution is 8.15. The average molecular weight is 566 g/mol. The monoisotopic (exact) mass is 565 g/mol. The first-order valence-electron chi connectivity index (χ1n) is 13.7. The summed E-state index contributed by atoms with van der Waals surface area (Å²) in [6.45, 7) is 0.620. The van der Waals surface area contributed by atoms with Crippen molar-refractivity contribution < 1.29 is 19.5 Å². The lowest BCUT2D eigenvalue weighted by Gasteiger charge is -2.57. The molecule has 7 rings (SSSR count). The fourth-order valence-electron chi connectivity index (χ4n) is 7.55. The van der Waals surface area contributed by atoms with Gasteiger partial charge in [-0.3, -0.25) is 14.5 Å². The third kappa shape index (κ3) is 5.73. The second kappa shape index (κ2) is 10.6. The SMILES string of the molecule is O=C(O)c1ccc(NC(=O)C2CC(=O)N(CCC34CC5CC(CC(C5)C3)C4)C(=Nc3ccc(Cl)cc3)S2)cc1. The minimum absolute atomic E-state index is 0.0875. The van der Waals surface area contributed by atoms with Gasteiger partial charge in [0, 0.05) is 23.7 Å². The second-order valence-electron chi connectivity index (χ2n) is 11.8. The van der Waals surface area contributed by atoms with E-state index in [0.717, 1.165) is 24.2 Å². The maximum atomic E-state index is 13.5. The van der Waals surface area contributed by atoms with E-state index >= 15 is 0 Å². The lowest BCUT2D eigenvalue weighted by Crippen LogP contribution is -2.50. The number of thioether (sulfide) groups is 1. The molecule has 2 aromatic carbocycles. The van der Waals surface area contributed by atoms with Crippen LogP contribution in [0.5, 0.6) is 0 Å². The molecule has 1 atom stereocenters. The Bertz CT molecular complexity index is 1280. The highest BCUT2D eigenvalue weighted by Crippen LogP contribution is 2.61. The quantitative estimate of drug-likeness (QED) is 0.394. The van der Waals surface area contributed by atoms with Gasteiger partial charge in [-0.15, -0.1) is 0 Å². The van der Waals surface area contributed by atoms with E-state index in [4.69, 9.17) is 21.7 Å². The predicted octanol–water partition coefficient (Wildman–Crippen LogP) is 6.61. The average Bonchev–Trinajstić information content (AvgIpc) is 2.89. The Hall–Kier alpha value is -2.84. The van der Waals surface area contributed by atoms with Crippen molar-refractivity contribution in [2.24, 2.45) is 28.2 Å². The molecule has 2 aromatic rings. The molecule has 4 bridgehead atoms. The van der Waals surface area contributed by atoms with Crippen LogP contribution in [0.2, 0.25) is 5.02 Å². The zero-order valence-electron chi connectivity index (χ0n) is 21.6. The molecule has 0 aromatic heterocycles. The second-order valence-corrected chi connectivity index (χ2v) is 13.4. The van der Waals surface area contributed by atoms with Crippen molar-refractivity contribution in [2.45, 2.75) is 56.6 Å². The third-order valence-electron chi connectivity index (χ3n) is 8.91. The van der Waals surface area contributed by atoms with Crippen LogP contribution in [0.4, 0.5) is 11.4 Å². The summed E-state index contributed by atoms with van der Waals surface area (Å²) in [6.07, 6.45) is 9.07. The highest BCUT2D eigenvalue weighted by atomic mass is 35.5. The van der Waals surface area contributed by atoms with E-state index in [1.807, 2.05) is 12.1 Å². The number of amidine groups is 1. The van der Waals surface area contributed by atoms with E-state index in [1.165, 1.54) is 62.4 Å². The van der Waals surface area contributed by atoms with Crippen LogP contribution in [0.15, 0.2) is 53.5 Å². The van der Waals surface area contributed by atoms with Gasteiger partial charge in [-0.05, 0) is 117 Å². The van der Waals surface area contributed by atoms with Crippen LogP contribution >= 0.6 is 23.4 Å². The summed E-state index contributed by atoms with van der Waals surface area (Å²) in [5.41, 5.74) is 1.64. The van der Waals surface area contributed by atoms with Gasteiger partial charge in [0.25, 0.3) is 0 Å². The number of aromatic carboxylic acids is 1. The molecule has 2 N–H and O–H groups in total. The lowest BCUT2D eigenvalue weighted by molar-refractivity contribution is -0.130. The molecule has 204 valence electrons. The summed E-state index contributed by atoms with van der Waals surface area (Å²) in [6, 6.07) is 13.1. The Balaban J connectivity index is 1.19. The molecule has 1 saturated heterocycles. The van der Waals surface area contributed by atoms with Crippen molar-refractivity contribution in [2.75, 3.05) is 11.9 Å². The van der Waals surface area contributed by atoms with Crippen molar-refractivity contribution in [1.82, 2.24) is 4.90 Å². The summed E-state index contributed by atoms with van der Waals surface area (Å²) < 4.78 is 0. The maximum absolute atomic E-state index is 13.5. The number of anilines is 1. The standard InChI is InChI=1S/C30H32ClN3O4S/c31-22-3-7-24(8-4-22)33-29-34(10-9-30-15-18-11-19(16-30)13-20(12-18)17-30)26(35)14-25(39-29)27(36)32-23-5-1-21(2-6-23)28(37)38/h1-8,18-20,25H,9-17H2,(H,32,36)(H,37,38). The molecule has 1 aliphatic heterocycles. The van der Waals surface area contributed by atoms with Crippen LogP contribution in [0.1, 0.15) is 61.7 Å². The largest absolute Gasteiger partial charge is 0.478 e. The van der Waals surface area contributed by atoms with E-state index in [0.29, 0.717) is 33.5 Å². The molecule has 9 heteroatoms. The number of halogens is 1. The van der Waals surface area contributed by atoms with Crippen LogP contribution in [-0.2, 0) is 9.59 Å². The van der Waals surface area contributed by atoms with Crippen molar-refractivity contribution in [3.63, 3.8) is 0 Å². The maximum Gasteiger partial charge on any atom is 0.335 e. The van der Waals surface area contributed by atoms with Gasteiger partial charge in [-0.25, -0.2) is 9.79 Å². The topological polar surface area (TPSA) is 99.1 Å². The number of amides is 2. The number of benzene rings is 2. The van der Waals surface area contributed by atoms with E-state index in [9.17, 15) is 14.4 Å². The van der Waals surface area contributed by atoms with Crippen LogP contribution in [-0.4, -0.2) is 44.8 Å². The van der Waals surface area contributed by atoms with Gasteiger partial charge in [0.1, 0.15) is 5.25 Å². The first-order chi connectivity index (χ1) is 18.7. The molecule has 1 heterocycles. The number of hydrogen-bond acceptors (Lipinski definition) is 5. The Morgan fingerprint density at radius 2 is 1.62 bits per heavy atom. The summed E-state index contributed by atoms with van der Waals surface area (Å²) in [5, 5.41) is 12.5. The van der Waals surface area contributed by atoms with E-state index < -0.39 is 11.2 Å². The number of aliphatic imine (C=N–C) groups is 1. The molecular formula is C30H32ClN3O4S. The summed E-state index contributed by atoms with van der Waals surface area (Å²) in [4.78, 5) is 44.4. The Morgan fingerprint density at radius 3 is 2.21 bits per heavy atom. The first-order valence-corrected chi connectivity index (χ1v) is 15.0. The smallest absolute Gasteiger partial charge is 0.335 e.